The molecule has 2 aromatic carbocycles. The van der Waals surface area contributed by atoms with Gasteiger partial charge >= 0.3 is 0 Å². The van der Waals surface area contributed by atoms with Crippen LogP contribution < -0.4 is 24.8 Å². The molecule has 0 aliphatic carbocycles. The third-order valence-corrected chi connectivity index (χ3v) is 3.80. The molecule has 3 rings (SSSR count). The van der Waals surface area contributed by atoms with Crippen molar-refractivity contribution in [3.63, 3.8) is 0 Å². The van der Waals surface area contributed by atoms with Crippen molar-refractivity contribution in [1.82, 2.24) is 0 Å². The fourth-order valence-corrected chi connectivity index (χ4v) is 2.30. The van der Waals surface area contributed by atoms with Crippen LogP contribution in [-0.4, -0.2) is 25.2 Å². The zero-order valence-electron chi connectivity index (χ0n) is 15.5. The molecule has 0 saturated carbocycles. The molecule has 0 radical (unpaired) electrons. The van der Waals surface area contributed by atoms with Gasteiger partial charge < -0.3 is 24.8 Å². The predicted molar refractivity (Wildman–Crippen MR) is 101 cm³/mol. The van der Waals surface area contributed by atoms with Crippen LogP contribution in [0.1, 0.15) is 20.8 Å². The molecule has 0 fully saturated rings. The molecular formula is C20H22N2O5. The van der Waals surface area contributed by atoms with Gasteiger partial charge in [-0.05, 0) is 24.3 Å². The van der Waals surface area contributed by atoms with Gasteiger partial charge in [0.25, 0.3) is 5.91 Å². The van der Waals surface area contributed by atoms with Gasteiger partial charge in [0.05, 0.1) is 0 Å². The molecule has 2 N–H and O–H groups in total. The quantitative estimate of drug-likeness (QED) is 0.842. The molecule has 0 spiro atoms. The minimum Gasteiger partial charge on any atom is -0.484 e. The highest BCUT2D eigenvalue weighted by molar-refractivity contribution is 5.94. The lowest BCUT2D eigenvalue weighted by Gasteiger charge is -2.18. The molecule has 1 aliphatic heterocycles. The van der Waals surface area contributed by atoms with Crippen LogP contribution in [0.2, 0.25) is 0 Å². The number of carbonyl (C=O) groups excluding carboxylic acids is 2. The van der Waals surface area contributed by atoms with Crippen LogP contribution in [0, 0.1) is 5.41 Å². The summed E-state index contributed by atoms with van der Waals surface area (Å²) in [5.41, 5.74) is 0.712. The van der Waals surface area contributed by atoms with E-state index in [1.54, 1.807) is 42.5 Å². The fourth-order valence-electron chi connectivity index (χ4n) is 2.30. The normalized spacial score (nSPS) is 12.4. The standard InChI is InChI=1S/C20H22N2O5/c1-20(2,3)19(24)22-13-5-4-6-15(9-13)25-11-18(23)21-14-7-8-16-17(10-14)27-12-26-16/h4-10H,11-12H2,1-3H3,(H,21,23)(H,22,24). The summed E-state index contributed by atoms with van der Waals surface area (Å²) >= 11 is 0. The molecule has 0 aromatic heterocycles. The summed E-state index contributed by atoms with van der Waals surface area (Å²) < 4.78 is 16.0. The largest absolute Gasteiger partial charge is 0.484 e. The Morgan fingerprint density at radius 2 is 1.74 bits per heavy atom. The van der Waals surface area contributed by atoms with Gasteiger partial charge in [0.15, 0.2) is 18.1 Å². The molecule has 0 bridgehead atoms. The van der Waals surface area contributed by atoms with Crippen molar-refractivity contribution < 1.29 is 23.8 Å². The van der Waals surface area contributed by atoms with Crippen molar-refractivity contribution in [2.45, 2.75) is 20.8 Å². The maximum Gasteiger partial charge on any atom is 0.262 e. The molecule has 0 saturated heterocycles. The summed E-state index contributed by atoms with van der Waals surface area (Å²) in [6.07, 6.45) is 0. The summed E-state index contributed by atoms with van der Waals surface area (Å²) in [6, 6.07) is 12.1. The van der Waals surface area contributed by atoms with Crippen LogP contribution in [0.25, 0.3) is 0 Å². The van der Waals surface area contributed by atoms with E-state index in [0.29, 0.717) is 28.6 Å². The minimum atomic E-state index is -0.499. The lowest BCUT2D eigenvalue weighted by Crippen LogP contribution is -2.27. The maximum atomic E-state index is 12.1. The average Bonchev–Trinajstić information content (AvgIpc) is 3.07. The SMILES string of the molecule is CC(C)(C)C(=O)Nc1cccc(OCC(=O)Nc2ccc3c(c2)OCO3)c1. The lowest BCUT2D eigenvalue weighted by molar-refractivity contribution is -0.123. The average molecular weight is 370 g/mol. The Morgan fingerprint density at radius 1 is 1.00 bits per heavy atom. The van der Waals surface area contributed by atoms with Gasteiger partial charge in [-0.15, -0.1) is 0 Å². The van der Waals surface area contributed by atoms with Crippen molar-refractivity contribution in [3.8, 4) is 17.2 Å². The van der Waals surface area contributed by atoms with E-state index in [4.69, 9.17) is 14.2 Å². The Labute approximate surface area is 157 Å². The van der Waals surface area contributed by atoms with Crippen molar-refractivity contribution in [2.75, 3.05) is 24.0 Å². The van der Waals surface area contributed by atoms with E-state index < -0.39 is 5.41 Å². The molecule has 7 heteroatoms. The molecule has 2 aromatic rings. The molecular weight excluding hydrogens is 348 g/mol. The third kappa shape index (κ3) is 4.91. The Kier molecular flexibility index (Phi) is 5.21. The van der Waals surface area contributed by atoms with E-state index in [1.165, 1.54) is 0 Å². The summed E-state index contributed by atoms with van der Waals surface area (Å²) in [5, 5.41) is 5.57. The predicted octanol–water partition coefficient (Wildman–Crippen LogP) is 3.42. The molecule has 27 heavy (non-hydrogen) atoms. The maximum absolute atomic E-state index is 12.1. The molecule has 0 atom stereocenters. The van der Waals surface area contributed by atoms with Gasteiger partial charge in [-0.2, -0.15) is 0 Å². The second-order valence-electron chi connectivity index (χ2n) is 7.14. The Morgan fingerprint density at radius 3 is 2.52 bits per heavy atom. The highest BCUT2D eigenvalue weighted by atomic mass is 16.7. The number of anilines is 2. The van der Waals surface area contributed by atoms with E-state index >= 15 is 0 Å². The van der Waals surface area contributed by atoms with E-state index in [-0.39, 0.29) is 25.2 Å². The van der Waals surface area contributed by atoms with Gasteiger partial charge in [0.2, 0.25) is 12.7 Å². The van der Waals surface area contributed by atoms with Gasteiger partial charge in [-0.3, -0.25) is 9.59 Å². The molecule has 142 valence electrons. The minimum absolute atomic E-state index is 0.0970. The Bertz CT molecular complexity index is 858. The van der Waals surface area contributed by atoms with Crippen molar-refractivity contribution in [1.29, 1.82) is 0 Å². The first-order valence-electron chi connectivity index (χ1n) is 8.55. The number of fused-ring (bicyclic) bond motifs is 1. The number of amides is 2. The van der Waals surface area contributed by atoms with Crippen molar-refractivity contribution >= 4 is 23.2 Å². The number of carbonyl (C=O) groups is 2. The highest BCUT2D eigenvalue weighted by Gasteiger charge is 2.21. The topological polar surface area (TPSA) is 85.9 Å². The van der Waals surface area contributed by atoms with Crippen molar-refractivity contribution in [3.05, 3.63) is 42.5 Å². The summed E-state index contributed by atoms with van der Waals surface area (Å²) in [5.74, 6) is 1.33. The van der Waals surface area contributed by atoms with E-state index in [0.717, 1.165) is 0 Å². The summed E-state index contributed by atoms with van der Waals surface area (Å²) in [4.78, 5) is 24.2. The number of rotatable bonds is 5. The monoisotopic (exact) mass is 370 g/mol. The third-order valence-electron chi connectivity index (χ3n) is 3.80. The number of hydrogen-bond donors (Lipinski definition) is 2. The van der Waals surface area contributed by atoms with Crippen LogP contribution in [0.4, 0.5) is 11.4 Å². The van der Waals surface area contributed by atoms with Crippen LogP contribution in [0.15, 0.2) is 42.5 Å². The highest BCUT2D eigenvalue weighted by Crippen LogP contribution is 2.34. The van der Waals surface area contributed by atoms with Gasteiger partial charge in [-0.1, -0.05) is 26.8 Å². The fraction of sp³-hybridized carbons (Fsp3) is 0.300. The van der Waals surface area contributed by atoms with E-state index in [9.17, 15) is 9.59 Å². The van der Waals surface area contributed by atoms with Crippen molar-refractivity contribution in [2.24, 2.45) is 5.41 Å². The van der Waals surface area contributed by atoms with E-state index in [2.05, 4.69) is 10.6 Å². The number of nitrogens with one attached hydrogen (secondary N) is 2. The first-order chi connectivity index (χ1) is 12.8. The molecule has 0 unspecified atom stereocenters. The zero-order valence-corrected chi connectivity index (χ0v) is 15.5. The first-order valence-corrected chi connectivity index (χ1v) is 8.55. The van der Waals surface area contributed by atoms with Crippen LogP contribution in [0.5, 0.6) is 17.2 Å². The van der Waals surface area contributed by atoms with Gasteiger partial charge in [0.1, 0.15) is 5.75 Å². The zero-order chi connectivity index (χ0) is 19.4. The van der Waals surface area contributed by atoms with Gasteiger partial charge in [-0.25, -0.2) is 0 Å². The van der Waals surface area contributed by atoms with Gasteiger partial charge in [0, 0.05) is 28.9 Å². The molecule has 1 heterocycles. The van der Waals surface area contributed by atoms with Crippen LogP contribution >= 0.6 is 0 Å². The summed E-state index contributed by atoms with van der Waals surface area (Å²) in [7, 11) is 0. The number of benzene rings is 2. The Hall–Kier alpha value is -3.22. The van der Waals surface area contributed by atoms with E-state index in [1.807, 2.05) is 20.8 Å². The molecule has 1 aliphatic rings. The van der Waals surface area contributed by atoms with Crippen LogP contribution in [0.3, 0.4) is 0 Å². The summed E-state index contributed by atoms with van der Waals surface area (Å²) in [6.45, 7) is 5.53. The number of hydrogen-bond acceptors (Lipinski definition) is 5. The number of ether oxygens (including phenoxy) is 3. The lowest BCUT2D eigenvalue weighted by atomic mass is 9.95. The Balaban J connectivity index is 1.54. The first kappa shape index (κ1) is 18.6. The van der Waals surface area contributed by atoms with Crippen LogP contribution in [-0.2, 0) is 9.59 Å². The molecule has 7 nitrogen and oxygen atoms in total. The second-order valence-corrected chi connectivity index (χ2v) is 7.14. The smallest absolute Gasteiger partial charge is 0.262 e. The molecule has 2 amide bonds. The second kappa shape index (κ2) is 7.57.